The molecular weight excluding hydrogens is 230 g/mol. The van der Waals surface area contributed by atoms with E-state index in [1.807, 2.05) is 0 Å². The maximum atomic E-state index is 11.7. The normalized spacial score (nSPS) is 14.4. The van der Waals surface area contributed by atoms with Crippen LogP contribution in [0.3, 0.4) is 0 Å². The number of hydrogen-bond acceptors (Lipinski definition) is 3. The molecule has 4 heteroatoms. The van der Waals surface area contributed by atoms with Crippen molar-refractivity contribution in [2.24, 2.45) is 5.92 Å². The van der Waals surface area contributed by atoms with Gasteiger partial charge in [0.2, 0.25) is 0 Å². The lowest BCUT2D eigenvalue weighted by Crippen LogP contribution is -2.25. The number of carbonyl (C=O) groups excluding carboxylic acids is 1. The van der Waals surface area contributed by atoms with Crippen LogP contribution in [0.1, 0.15) is 29.6 Å². The van der Waals surface area contributed by atoms with Crippen LogP contribution in [0, 0.1) is 5.92 Å². The second kappa shape index (κ2) is 6.40. The average molecular weight is 249 g/mol. The number of aromatic hydroxyl groups is 1. The van der Waals surface area contributed by atoms with Crippen LogP contribution in [0.5, 0.6) is 5.75 Å². The van der Waals surface area contributed by atoms with Crippen LogP contribution >= 0.6 is 0 Å². The molecule has 1 amide bonds. The first-order valence-electron chi connectivity index (χ1n) is 6.41. The Bertz CT molecular complexity index is 402. The SMILES string of the molecule is O=C(NCCCOCC1CC1)c1ccccc1O. The number of ether oxygens (including phenoxy) is 1. The number of phenolic OH excluding ortho intramolecular Hbond substituents is 1. The van der Waals surface area contributed by atoms with Crippen molar-refractivity contribution in [2.75, 3.05) is 19.8 Å². The molecule has 1 aromatic rings. The van der Waals surface area contributed by atoms with Gasteiger partial charge in [-0.1, -0.05) is 12.1 Å². The number of rotatable bonds is 7. The van der Waals surface area contributed by atoms with Crippen molar-refractivity contribution in [3.05, 3.63) is 29.8 Å². The summed E-state index contributed by atoms with van der Waals surface area (Å²) in [6, 6.07) is 6.53. The molecule has 18 heavy (non-hydrogen) atoms. The van der Waals surface area contributed by atoms with Crippen molar-refractivity contribution < 1.29 is 14.6 Å². The predicted octanol–water partition coefficient (Wildman–Crippen LogP) is 1.94. The summed E-state index contributed by atoms with van der Waals surface area (Å²) in [6.07, 6.45) is 3.39. The lowest BCUT2D eigenvalue weighted by atomic mass is 10.2. The molecule has 0 heterocycles. The standard InChI is InChI=1S/C14H19NO3/c16-13-5-2-1-4-12(13)14(17)15-8-3-9-18-10-11-6-7-11/h1-2,4-5,11,16H,3,6-10H2,(H,15,17). The second-order valence-electron chi connectivity index (χ2n) is 4.64. The van der Waals surface area contributed by atoms with E-state index in [0.717, 1.165) is 18.9 Å². The summed E-state index contributed by atoms with van der Waals surface area (Å²) in [7, 11) is 0. The van der Waals surface area contributed by atoms with Crippen LogP contribution in [0.25, 0.3) is 0 Å². The summed E-state index contributed by atoms with van der Waals surface area (Å²) in [5.41, 5.74) is 0.316. The highest BCUT2D eigenvalue weighted by molar-refractivity contribution is 5.96. The Balaban J connectivity index is 1.60. The van der Waals surface area contributed by atoms with E-state index in [1.165, 1.54) is 18.9 Å². The van der Waals surface area contributed by atoms with Crippen molar-refractivity contribution in [3.8, 4) is 5.75 Å². The van der Waals surface area contributed by atoms with Crippen LogP contribution in [-0.4, -0.2) is 30.8 Å². The molecule has 98 valence electrons. The topological polar surface area (TPSA) is 58.6 Å². The Morgan fingerprint density at radius 3 is 2.89 bits per heavy atom. The predicted molar refractivity (Wildman–Crippen MR) is 68.6 cm³/mol. The Labute approximate surface area is 107 Å². The highest BCUT2D eigenvalue weighted by Gasteiger charge is 2.20. The number of hydrogen-bond donors (Lipinski definition) is 2. The number of amides is 1. The number of nitrogens with one attached hydrogen (secondary N) is 1. The summed E-state index contributed by atoms with van der Waals surface area (Å²) in [5.74, 6) is 0.552. The summed E-state index contributed by atoms with van der Waals surface area (Å²) < 4.78 is 5.47. The minimum atomic E-state index is -0.240. The third-order valence-electron chi connectivity index (χ3n) is 2.95. The van der Waals surface area contributed by atoms with E-state index in [-0.39, 0.29) is 11.7 Å². The molecule has 1 saturated carbocycles. The van der Waals surface area contributed by atoms with E-state index < -0.39 is 0 Å². The van der Waals surface area contributed by atoms with Crippen LogP contribution < -0.4 is 5.32 Å². The van der Waals surface area contributed by atoms with Gasteiger partial charge in [-0.15, -0.1) is 0 Å². The lowest BCUT2D eigenvalue weighted by Gasteiger charge is -2.07. The molecule has 0 bridgehead atoms. The number of phenols is 1. The van der Waals surface area contributed by atoms with Crippen molar-refractivity contribution in [1.82, 2.24) is 5.32 Å². The summed E-state index contributed by atoms with van der Waals surface area (Å²) in [5, 5.41) is 12.3. The van der Waals surface area contributed by atoms with Crippen molar-refractivity contribution in [3.63, 3.8) is 0 Å². The maximum absolute atomic E-state index is 11.7. The van der Waals surface area contributed by atoms with E-state index in [4.69, 9.17) is 4.74 Å². The number of para-hydroxylation sites is 1. The van der Waals surface area contributed by atoms with Gasteiger partial charge in [-0.3, -0.25) is 4.79 Å². The molecule has 1 aromatic carbocycles. The van der Waals surface area contributed by atoms with Gasteiger partial charge in [-0.2, -0.15) is 0 Å². The van der Waals surface area contributed by atoms with Crippen molar-refractivity contribution >= 4 is 5.91 Å². The third-order valence-corrected chi connectivity index (χ3v) is 2.95. The van der Waals surface area contributed by atoms with E-state index >= 15 is 0 Å². The Morgan fingerprint density at radius 1 is 1.39 bits per heavy atom. The van der Waals surface area contributed by atoms with Gasteiger partial charge in [0.1, 0.15) is 5.75 Å². The molecule has 0 saturated heterocycles. The zero-order valence-corrected chi connectivity index (χ0v) is 10.4. The van der Waals surface area contributed by atoms with Gasteiger partial charge in [0.25, 0.3) is 5.91 Å². The summed E-state index contributed by atoms with van der Waals surface area (Å²) in [4.78, 5) is 11.7. The monoisotopic (exact) mass is 249 g/mol. The molecule has 4 nitrogen and oxygen atoms in total. The fourth-order valence-electron chi connectivity index (χ4n) is 1.67. The van der Waals surface area contributed by atoms with Crippen molar-refractivity contribution in [1.29, 1.82) is 0 Å². The van der Waals surface area contributed by atoms with E-state index in [1.54, 1.807) is 18.2 Å². The zero-order chi connectivity index (χ0) is 12.8. The van der Waals surface area contributed by atoms with Gasteiger partial charge in [-0.25, -0.2) is 0 Å². The molecule has 1 aliphatic rings. The van der Waals surface area contributed by atoms with Crippen LogP contribution in [-0.2, 0) is 4.74 Å². The van der Waals surface area contributed by atoms with E-state index in [9.17, 15) is 9.90 Å². The molecule has 0 aromatic heterocycles. The highest BCUT2D eigenvalue weighted by Crippen LogP contribution is 2.28. The van der Waals surface area contributed by atoms with Crippen LogP contribution in [0.2, 0.25) is 0 Å². The van der Waals surface area contributed by atoms with Gasteiger partial charge in [-0.05, 0) is 37.3 Å². The minimum Gasteiger partial charge on any atom is -0.507 e. The molecule has 0 unspecified atom stereocenters. The van der Waals surface area contributed by atoms with E-state index in [2.05, 4.69) is 5.32 Å². The Hall–Kier alpha value is -1.55. The Morgan fingerprint density at radius 2 is 2.17 bits per heavy atom. The molecule has 1 fully saturated rings. The average Bonchev–Trinajstić information content (AvgIpc) is 3.18. The lowest BCUT2D eigenvalue weighted by molar-refractivity contribution is 0.0935. The first kappa shape index (κ1) is 12.9. The van der Waals surface area contributed by atoms with E-state index in [0.29, 0.717) is 18.7 Å². The quantitative estimate of drug-likeness (QED) is 0.726. The van der Waals surface area contributed by atoms with Crippen molar-refractivity contribution in [2.45, 2.75) is 19.3 Å². The minimum absolute atomic E-state index is 0.0139. The zero-order valence-electron chi connectivity index (χ0n) is 10.4. The molecule has 0 radical (unpaired) electrons. The van der Waals surface area contributed by atoms with Gasteiger partial charge < -0.3 is 15.2 Å². The van der Waals surface area contributed by atoms with Gasteiger partial charge in [0.15, 0.2) is 0 Å². The molecule has 0 atom stereocenters. The third kappa shape index (κ3) is 4.04. The largest absolute Gasteiger partial charge is 0.507 e. The smallest absolute Gasteiger partial charge is 0.255 e. The van der Waals surface area contributed by atoms with Crippen LogP contribution in [0.15, 0.2) is 24.3 Å². The molecule has 1 aliphatic carbocycles. The first-order valence-corrected chi connectivity index (χ1v) is 6.41. The van der Waals surface area contributed by atoms with Gasteiger partial charge in [0, 0.05) is 19.8 Å². The summed E-state index contributed by atoms with van der Waals surface area (Å²) in [6.45, 7) is 2.10. The first-order chi connectivity index (χ1) is 8.77. The van der Waals surface area contributed by atoms with Crippen LogP contribution in [0.4, 0.5) is 0 Å². The van der Waals surface area contributed by atoms with Gasteiger partial charge >= 0.3 is 0 Å². The molecule has 2 N–H and O–H groups in total. The second-order valence-corrected chi connectivity index (χ2v) is 4.64. The molecular formula is C14H19NO3. The molecule has 0 aliphatic heterocycles. The fraction of sp³-hybridized carbons (Fsp3) is 0.500. The molecule has 2 rings (SSSR count). The number of benzene rings is 1. The Kier molecular flexibility index (Phi) is 4.59. The summed E-state index contributed by atoms with van der Waals surface area (Å²) >= 11 is 0. The molecule has 0 spiro atoms. The fourth-order valence-corrected chi connectivity index (χ4v) is 1.67. The highest BCUT2D eigenvalue weighted by atomic mass is 16.5. The van der Waals surface area contributed by atoms with Gasteiger partial charge in [0.05, 0.1) is 5.56 Å². The maximum Gasteiger partial charge on any atom is 0.255 e. The number of carbonyl (C=O) groups is 1.